The van der Waals surface area contributed by atoms with Crippen LogP contribution in [0.15, 0.2) is 0 Å². The highest BCUT2D eigenvalue weighted by Gasteiger charge is 2.30. The van der Waals surface area contributed by atoms with E-state index in [0.717, 1.165) is 24.7 Å². The molecular formula is C14H31FO. The van der Waals surface area contributed by atoms with E-state index < -0.39 is 6.17 Å². The minimum atomic E-state index is -0.537. The summed E-state index contributed by atoms with van der Waals surface area (Å²) in [6.45, 7) is 8.91. The molecule has 1 nitrogen and oxygen atoms in total. The second-order valence-electron chi connectivity index (χ2n) is 6.01. The highest BCUT2D eigenvalue weighted by Crippen LogP contribution is 2.36. The van der Waals surface area contributed by atoms with Crippen molar-refractivity contribution in [1.29, 1.82) is 0 Å². The topological polar surface area (TPSA) is 31.5 Å². The fourth-order valence-electron chi connectivity index (χ4n) is 2.65. The van der Waals surface area contributed by atoms with Gasteiger partial charge in [-0.25, -0.2) is 4.39 Å². The van der Waals surface area contributed by atoms with E-state index in [9.17, 15) is 4.39 Å². The normalized spacial score (nSPS) is 32.2. The Kier molecular flexibility index (Phi) is 7.21. The zero-order chi connectivity index (χ0) is 11.4. The van der Waals surface area contributed by atoms with Gasteiger partial charge in [0, 0.05) is 1.43 Å². The molecule has 16 heavy (non-hydrogen) atoms. The molecule has 1 aliphatic carbocycles. The van der Waals surface area contributed by atoms with Gasteiger partial charge in [0.2, 0.25) is 0 Å². The summed E-state index contributed by atoms with van der Waals surface area (Å²) in [4.78, 5) is 0. The highest BCUT2D eigenvalue weighted by molar-refractivity contribution is 4.80. The van der Waals surface area contributed by atoms with Gasteiger partial charge in [-0.3, -0.25) is 0 Å². The van der Waals surface area contributed by atoms with E-state index >= 15 is 0 Å². The minimum Gasteiger partial charge on any atom is -0.412 e. The van der Waals surface area contributed by atoms with Crippen molar-refractivity contribution in [3.8, 4) is 0 Å². The Morgan fingerprint density at radius 3 is 2.31 bits per heavy atom. The molecule has 1 aliphatic rings. The fraction of sp³-hybridized carbons (Fsp3) is 1.00. The van der Waals surface area contributed by atoms with E-state index in [1.807, 2.05) is 0 Å². The Hall–Kier alpha value is -0.110. The third kappa shape index (κ3) is 4.82. The second kappa shape index (κ2) is 7.26. The van der Waals surface area contributed by atoms with Crippen LogP contribution in [-0.2, 0) is 0 Å². The summed E-state index contributed by atoms with van der Waals surface area (Å²) in [6.07, 6.45) is 5.21. The molecule has 4 atom stereocenters. The fourth-order valence-corrected chi connectivity index (χ4v) is 2.65. The maximum absolute atomic E-state index is 13.6. The molecule has 0 bridgehead atoms. The number of hydrogen-bond donors (Lipinski definition) is 0. The van der Waals surface area contributed by atoms with Gasteiger partial charge in [-0.05, 0) is 42.9 Å². The van der Waals surface area contributed by atoms with Gasteiger partial charge in [0.05, 0.1) is 0 Å². The quantitative estimate of drug-likeness (QED) is 0.696. The smallest absolute Gasteiger partial charge is 0.103 e. The molecule has 2 heteroatoms. The van der Waals surface area contributed by atoms with E-state index in [4.69, 9.17) is 0 Å². The lowest BCUT2D eigenvalue weighted by molar-refractivity contribution is 0.106. The summed E-state index contributed by atoms with van der Waals surface area (Å²) >= 11 is 0. The number of halogens is 1. The standard InChI is InChI=1S/C14H27F.H2O.H2/c1-10(2)5-6-11(3)13-8-7-12(4)14(15)9-13;;/h10-14H,5-9H2,1-4H3;1H2;1H. The molecule has 1 rings (SSSR count). The predicted molar refractivity (Wildman–Crippen MR) is 70.4 cm³/mol. The van der Waals surface area contributed by atoms with Gasteiger partial charge < -0.3 is 5.48 Å². The first-order valence-corrected chi connectivity index (χ1v) is 6.64. The summed E-state index contributed by atoms with van der Waals surface area (Å²) in [7, 11) is 0. The monoisotopic (exact) mass is 234 g/mol. The van der Waals surface area contributed by atoms with Crippen LogP contribution in [0, 0.1) is 23.7 Å². The number of rotatable bonds is 4. The van der Waals surface area contributed by atoms with Crippen molar-refractivity contribution in [2.24, 2.45) is 23.7 Å². The molecule has 1 fully saturated rings. The van der Waals surface area contributed by atoms with E-state index in [2.05, 4.69) is 27.7 Å². The first-order chi connectivity index (χ1) is 7.00. The Balaban J connectivity index is 0. The van der Waals surface area contributed by atoms with Crippen molar-refractivity contribution in [3.63, 3.8) is 0 Å². The van der Waals surface area contributed by atoms with Gasteiger partial charge >= 0.3 is 0 Å². The van der Waals surface area contributed by atoms with Crippen LogP contribution in [-0.4, -0.2) is 11.6 Å². The SMILES string of the molecule is CC(C)CCC(C)C1CCC(C)C(F)C1.O.[HH]. The van der Waals surface area contributed by atoms with Crippen molar-refractivity contribution < 1.29 is 11.3 Å². The summed E-state index contributed by atoms with van der Waals surface area (Å²) in [5.41, 5.74) is 0. The van der Waals surface area contributed by atoms with Crippen molar-refractivity contribution >= 4 is 0 Å². The molecule has 2 N–H and O–H groups in total. The molecule has 100 valence electrons. The Morgan fingerprint density at radius 1 is 1.19 bits per heavy atom. The lowest BCUT2D eigenvalue weighted by Gasteiger charge is -2.33. The van der Waals surface area contributed by atoms with Gasteiger partial charge in [0.25, 0.3) is 0 Å². The molecule has 4 unspecified atom stereocenters. The molecule has 0 aromatic rings. The highest BCUT2D eigenvalue weighted by atomic mass is 19.1. The Morgan fingerprint density at radius 2 is 1.81 bits per heavy atom. The van der Waals surface area contributed by atoms with Gasteiger partial charge in [0.1, 0.15) is 6.17 Å². The third-order valence-corrected chi connectivity index (χ3v) is 4.14. The van der Waals surface area contributed by atoms with Crippen molar-refractivity contribution in [1.82, 2.24) is 0 Å². The van der Waals surface area contributed by atoms with Crippen LogP contribution in [0.1, 0.15) is 61.2 Å². The second-order valence-corrected chi connectivity index (χ2v) is 6.01. The molecule has 0 spiro atoms. The summed E-state index contributed by atoms with van der Waals surface area (Å²) in [6, 6.07) is 0. The van der Waals surface area contributed by atoms with E-state index in [1.54, 1.807) is 0 Å². The lowest BCUT2D eigenvalue weighted by atomic mass is 9.74. The van der Waals surface area contributed by atoms with Gasteiger partial charge in [-0.15, -0.1) is 0 Å². The largest absolute Gasteiger partial charge is 0.412 e. The first kappa shape index (κ1) is 15.9. The average molecular weight is 234 g/mol. The lowest BCUT2D eigenvalue weighted by Crippen LogP contribution is -2.27. The molecule has 0 heterocycles. The van der Waals surface area contributed by atoms with E-state index in [1.165, 1.54) is 19.3 Å². The summed E-state index contributed by atoms with van der Waals surface area (Å²) in [5, 5.41) is 0. The minimum absolute atomic E-state index is 0. The van der Waals surface area contributed by atoms with Crippen LogP contribution in [0.5, 0.6) is 0 Å². The zero-order valence-corrected chi connectivity index (χ0v) is 11.3. The first-order valence-electron chi connectivity index (χ1n) is 6.64. The molecule has 0 aromatic heterocycles. The van der Waals surface area contributed by atoms with Crippen LogP contribution in [0.3, 0.4) is 0 Å². The third-order valence-electron chi connectivity index (χ3n) is 4.14. The molecular weight excluding hydrogens is 203 g/mol. The van der Waals surface area contributed by atoms with Gasteiger partial charge in [-0.2, -0.15) is 0 Å². The molecule has 0 aromatic carbocycles. The molecule has 0 radical (unpaired) electrons. The molecule has 0 saturated heterocycles. The van der Waals surface area contributed by atoms with Crippen molar-refractivity contribution in [3.05, 3.63) is 0 Å². The number of alkyl halides is 1. The van der Waals surface area contributed by atoms with Gasteiger partial charge in [0.15, 0.2) is 0 Å². The number of hydrogen-bond acceptors (Lipinski definition) is 0. The Labute approximate surface area is 102 Å². The molecule has 1 saturated carbocycles. The van der Waals surface area contributed by atoms with Crippen LogP contribution in [0.2, 0.25) is 0 Å². The summed E-state index contributed by atoms with van der Waals surface area (Å²) < 4.78 is 13.6. The van der Waals surface area contributed by atoms with E-state index in [-0.39, 0.29) is 6.90 Å². The van der Waals surface area contributed by atoms with Crippen molar-refractivity contribution in [2.75, 3.05) is 0 Å². The van der Waals surface area contributed by atoms with Gasteiger partial charge in [-0.1, -0.05) is 40.5 Å². The van der Waals surface area contributed by atoms with Crippen LogP contribution in [0.25, 0.3) is 0 Å². The van der Waals surface area contributed by atoms with Crippen LogP contribution in [0.4, 0.5) is 4.39 Å². The zero-order valence-electron chi connectivity index (χ0n) is 11.3. The average Bonchev–Trinajstić information content (AvgIpc) is 2.18. The van der Waals surface area contributed by atoms with Crippen molar-refractivity contribution in [2.45, 2.75) is 66.0 Å². The molecule has 0 amide bonds. The van der Waals surface area contributed by atoms with Crippen LogP contribution < -0.4 is 0 Å². The van der Waals surface area contributed by atoms with E-state index in [0.29, 0.717) is 11.8 Å². The maximum atomic E-state index is 13.6. The Bertz CT molecular complexity index is 187. The summed E-state index contributed by atoms with van der Waals surface area (Å²) in [5.74, 6) is 2.46. The maximum Gasteiger partial charge on any atom is 0.103 e. The molecule has 0 aliphatic heterocycles. The predicted octanol–water partition coefficient (Wildman–Crippen LogP) is 4.25. The van der Waals surface area contributed by atoms with Crippen LogP contribution >= 0.6 is 0 Å².